The van der Waals surface area contributed by atoms with Crippen LogP contribution >= 0.6 is 11.3 Å². The average Bonchev–Trinajstić information content (AvgIpc) is 3.18. The summed E-state index contributed by atoms with van der Waals surface area (Å²) in [5, 5.41) is 1.21. The Labute approximate surface area is 152 Å². The fourth-order valence-electron chi connectivity index (χ4n) is 3.08. The zero-order valence-corrected chi connectivity index (χ0v) is 15.9. The standard InChI is InChI=1S/C21H23N3S/c1-13(19-22-16-7-5-6-8-18(16)25-19)11-14-9-10-15-17(12-14)24-20(23-15)21(2,3)4/h5-10,12-13H,11H2,1-4H3,(H,23,24). The van der Waals surface area contributed by atoms with E-state index in [9.17, 15) is 0 Å². The summed E-state index contributed by atoms with van der Waals surface area (Å²) in [5.74, 6) is 1.44. The number of nitrogens with one attached hydrogen (secondary N) is 1. The van der Waals surface area contributed by atoms with Crippen molar-refractivity contribution in [3.05, 3.63) is 58.9 Å². The molecule has 0 radical (unpaired) electrons. The van der Waals surface area contributed by atoms with Crippen molar-refractivity contribution >= 4 is 32.6 Å². The zero-order chi connectivity index (χ0) is 17.6. The first-order valence-electron chi connectivity index (χ1n) is 8.75. The average molecular weight is 350 g/mol. The first kappa shape index (κ1) is 16.3. The van der Waals surface area contributed by atoms with Gasteiger partial charge in [0.25, 0.3) is 0 Å². The first-order valence-corrected chi connectivity index (χ1v) is 9.56. The van der Waals surface area contributed by atoms with E-state index >= 15 is 0 Å². The normalized spacial score (nSPS) is 13.6. The van der Waals surface area contributed by atoms with E-state index in [2.05, 4.69) is 75.1 Å². The lowest BCUT2D eigenvalue weighted by Crippen LogP contribution is -2.12. The third-order valence-corrected chi connectivity index (χ3v) is 5.80. The second-order valence-electron chi connectivity index (χ2n) is 7.81. The van der Waals surface area contributed by atoms with E-state index in [0.717, 1.165) is 28.8 Å². The van der Waals surface area contributed by atoms with Crippen LogP contribution in [0.4, 0.5) is 0 Å². The molecule has 0 spiro atoms. The predicted molar refractivity (Wildman–Crippen MR) is 107 cm³/mol. The number of H-pyrrole nitrogens is 1. The lowest BCUT2D eigenvalue weighted by Gasteiger charge is -2.13. The van der Waals surface area contributed by atoms with Crippen LogP contribution in [0.25, 0.3) is 21.3 Å². The maximum atomic E-state index is 4.81. The molecular weight excluding hydrogens is 326 g/mol. The second-order valence-corrected chi connectivity index (χ2v) is 8.87. The van der Waals surface area contributed by atoms with Gasteiger partial charge in [0.2, 0.25) is 0 Å². The molecule has 0 aliphatic heterocycles. The molecule has 0 aliphatic rings. The van der Waals surface area contributed by atoms with Crippen molar-refractivity contribution in [3.63, 3.8) is 0 Å². The number of imidazole rings is 1. The number of fused-ring (bicyclic) bond motifs is 2. The molecule has 0 aliphatic carbocycles. The Bertz CT molecular complexity index is 1000. The molecule has 25 heavy (non-hydrogen) atoms. The summed E-state index contributed by atoms with van der Waals surface area (Å²) in [6.45, 7) is 8.80. The monoisotopic (exact) mass is 349 g/mol. The molecule has 2 aromatic heterocycles. The Morgan fingerprint density at radius 1 is 1.04 bits per heavy atom. The maximum Gasteiger partial charge on any atom is 0.112 e. The van der Waals surface area contributed by atoms with Gasteiger partial charge in [0.1, 0.15) is 5.82 Å². The van der Waals surface area contributed by atoms with Gasteiger partial charge in [-0.15, -0.1) is 11.3 Å². The molecule has 1 unspecified atom stereocenters. The van der Waals surface area contributed by atoms with Gasteiger partial charge in [0.05, 0.1) is 26.3 Å². The number of thiazole rings is 1. The highest BCUT2D eigenvalue weighted by Gasteiger charge is 2.18. The van der Waals surface area contributed by atoms with Crippen LogP contribution in [-0.2, 0) is 11.8 Å². The Morgan fingerprint density at radius 2 is 1.84 bits per heavy atom. The molecule has 1 N–H and O–H groups in total. The Morgan fingerprint density at radius 3 is 2.60 bits per heavy atom. The van der Waals surface area contributed by atoms with E-state index in [-0.39, 0.29) is 5.41 Å². The van der Waals surface area contributed by atoms with Gasteiger partial charge in [0.15, 0.2) is 0 Å². The first-order chi connectivity index (χ1) is 11.9. The summed E-state index contributed by atoms with van der Waals surface area (Å²) in [7, 11) is 0. The molecule has 0 saturated heterocycles. The molecule has 0 fully saturated rings. The van der Waals surface area contributed by atoms with Crippen LogP contribution < -0.4 is 0 Å². The van der Waals surface area contributed by atoms with Gasteiger partial charge in [-0.3, -0.25) is 0 Å². The van der Waals surface area contributed by atoms with Crippen molar-refractivity contribution in [3.8, 4) is 0 Å². The Balaban J connectivity index is 1.61. The highest BCUT2D eigenvalue weighted by atomic mass is 32.1. The summed E-state index contributed by atoms with van der Waals surface area (Å²) < 4.78 is 1.27. The van der Waals surface area contributed by atoms with E-state index in [1.165, 1.54) is 15.3 Å². The molecule has 4 rings (SSSR count). The van der Waals surface area contributed by atoms with Crippen LogP contribution in [0.2, 0.25) is 0 Å². The lowest BCUT2D eigenvalue weighted by molar-refractivity contribution is 0.554. The molecule has 3 nitrogen and oxygen atoms in total. The number of nitrogens with zero attached hydrogens (tertiary/aromatic N) is 2. The van der Waals surface area contributed by atoms with Crippen molar-refractivity contribution in [1.82, 2.24) is 15.0 Å². The number of rotatable bonds is 3. The van der Waals surface area contributed by atoms with Gasteiger partial charge in [-0.2, -0.15) is 0 Å². The number of hydrogen-bond acceptors (Lipinski definition) is 3. The fraction of sp³-hybridized carbons (Fsp3) is 0.333. The smallest absolute Gasteiger partial charge is 0.112 e. The van der Waals surface area contributed by atoms with Crippen molar-refractivity contribution in [2.45, 2.75) is 45.4 Å². The largest absolute Gasteiger partial charge is 0.342 e. The van der Waals surface area contributed by atoms with Crippen molar-refractivity contribution < 1.29 is 0 Å². The third kappa shape index (κ3) is 3.19. The highest BCUT2D eigenvalue weighted by molar-refractivity contribution is 7.18. The molecule has 2 aromatic carbocycles. The Hall–Kier alpha value is -2.20. The van der Waals surface area contributed by atoms with Crippen molar-refractivity contribution in [2.75, 3.05) is 0 Å². The lowest BCUT2D eigenvalue weighted by atomic mass is 9.96. The molecule has 4 aromatic rings. The molecule has 2 heterocycles. The minimum Gasteiger partial charge on any atom is -0.342 e. The molecule has 0 amide bonds. The summed E-state index contributed by atoms with van der Waals surface area (Å²) in [5.41, 5.74) is 4.63. The van der Waals surface area contributed by atoms with E-state index in [1.807, 2.05) is 0 Å². The highest BCUT2D eigenvalue weighted by Crippen LogP contribution is 2.30. The number of para-hydroxylation sites is 1. The SMILES string of the molecule is CC(Cc1ccc2nc(C(C)(C)C)[nH]c2c1)c1nc2ccccc2s1. The van der Waals surface area contributed by atoms with Crippen LogP contribution in [0.1, 0.15) is 50.0 Å². The number of benzene rings is 2. The minimum absolute atomic E-state index is 0.0352. The molecule has 0 bridgehead atoms. The summed E-state index contributed by atoms with van der Waals surface area (Å²) in [6, 6.07) is 14.9. The summed E-state index contributed by atoms with van der Waals surface area (Å²) in [4.78, 5) is 13.0. The minimum atomic E-state index is 0.0352. The summed E-state index contributed by atoms with van der Waals surface area (Å²) >= 11 is 1.80. The van der Waals surface area contributed by atoms with Crippen LogP contribution in [0, 0.1) is 0 Å². The fourth-order valence-corrected chi connectivity index (χ4v) is 4.10. The topological polar surface area (TPSA) is 41.6 Å². The Kier molecular flexibility index (Phi) is 3.88. The van der Waals surface area contributed by atoms with E-state index < -0.39 is 0 Å². The van der Waals surface area contributed by atoms with Crippen LogP contribution in [0.15, 0.2) is 42.5 Å². The predicted octanol–water partition coefficient (Wildman–Crippen LogP) is 5.82. The molecular formula is C21H23N3S. The number of aromatic nitrogens is 3. The maximum absolute atomic E-state index is 4.81. The molecule has 0 saturated carbocycles. The van der Waals surface area contributed by atoms with Crippen LogP contribution in [0.5, 0.6) is 0 Å². The van der Waals surface area contributed by atoms with E-state index in [0.29, 0.717) is 5.92 Å². The third-order valence-electron chi connectivity index (χ3n) is 4.53. The van der Waals surface area contributed by atoms with Gasteiger partial charge in [-0.25, -0.2) is 9.97 Å². The van der Waals surface area contributed by atoms with Crippen molar-refractivity contribution in [1.29, 1.82) is 0 Å². The quantitative estimate of drug-likeness (QED) is 0.506. The van der Waals surface area contributed by atoms with Gasteiger partial charge >= 0.3 is 0 Å². The van der Waals surface area contributed by atoms with E-state index in [4.69, 9.17) is 9.97 Å². The zero-order valence-electron chi connectivity index (χ0n) is 15.1. The summed E-state index contributed by atoms with van der Waals surface area (Å²) in [6.07, 6.45) is 0.986. The van der Waals surface area contributed by atoms with Gasteiger partial charge < -0.3 is 4.98 Å². The number of hydrogen-bond donors (Lipinski definition) is 1. The van der Waals surface area contributed by atoms with Crippen molar-refractivity contribution in [2.24, 2.45) is 0 Å². The molecule has 128 valence electrons. The molecule has 1 atom stereocenters. The van der Waals surface area contributed by atoms with Gasteiger partial charge in [0, 0.05) is 11.3 Å². The van der Waals surface area contributed by atoms with Gasteiger partial charge in [-0.05, 0) is 36.2 Å². The second kappa shape index (κ2) is 5.95. The van der Waals surface area contributed by atoms with Crippen LogP contribution in [0.3, 0.4) is 0 Å². The van der Waals surface area contributed by atoms with E-state index in [1.54, 1.807) is 11.3 Å². The van der Waals surface area contributed by atoms with Crippen LogP contribution in [-0.4, -0.2) is 15.0 Å². The van der Waals surface area contributed by atoms with Gasteiger partial charge in [-0.1, -0.05) is 45.9 Å². The molecule has 4 heteroatoms. The number of aromatic amines is 1.